The van der Waals surface area contributed by atoms with Crippen molar-refractivity contribution in [1.29, 1.82) is 0 Å². The van der Waals surface area contributed by atoms with Crippen LogP contribution in [0.5, 0.6) is 11.5 Å². The van der Waals surface area contributed by atoms with Crippen molar-refractivity contribution in [2.24, 2.45) is 0 Å². The van der Waals surface area contributed by atoms with Crippen molar-refractivity contribution < 1.29 is 33.0 Å². The van der Waals surface area contributed by atoms with Crippen LogP contribution in [-0.2, 0) is 38.9 Å². The van der Waals surface area contributed by atoms with Gasteiger partial charge in [0.25, 0.3) is 5.91 Å². The fourth-order valence-corrected chi connectivity index (χ4v) is 4.55. The number of carbonyl (C=O) groups is 2. The summed E-state index contributed by atoms with van der Waals surface area (Å²) in [4.78, 5) is 23.1. The van der Waals surface area contributed by atoms with E-state index in [0.717, 1.165) is 11.1 Å². The van der Waals surface area contributed by atoms with Crippen LogP contribution >= 0.6 is 6.72 Å². The predicted octanol–water partition coefficient (Wildman–Crippen LogP) is 4.55. The molecule has 8 nitrogen and oxygen atoms in total. The van der Waals surface area contributed by atoms with E-state index >= 15 is 0 Å². The number of nitrogens with one attached hydrogen (secondary N) is 1. The summed E-state index contributed by atoms with van der Waals surface area (Å²) in [7, 11) is 1.45. The van der Waals surface area contributed by atoms with Gasteiger partial charge in [-0.25, -0.2) is 0 Å². The molecule has 0 spiro atoms. The zero-order valence-corrected chi connectivity index (χ0v) is 20.1. The molecule has 178 valence electrons. The molecule has 0 heterocycles. The number of carboxylic acid groups (broad SMARTS) is 1. The summed E-state index contributed by atoms with van der Waals surface area (Å²) in [6.07, 6.45) is 0. The van der Waals surface area contributed by atoms with Crippen molar-refractivity contribution in [2.45, 2.75) is 13.2 Å². The number of aliphatic carboxylic acids is 1. The highest BCUT2D eigenvalue weighted by Crippen LogP contribution is 2.53. The summed E-state index contributed by atoms with van der Waals surface area (Å²) >= 11 is 5.69. The Morgan fingerprint density at radius 2 is 1.44 bits per heavy atom. The molecular weight excluding hydrogens is 477 g/mol. The van der Waals surface area contributed by atoms with Crippen molar-refractivity contribution in [1.82, 2.24) is 5.32 Å². The topological polar surface area (TPSA) is 103 Å². The number of hydrogen-bond acceptors (Lipinski definition) is 7. The third kappa shape index (κ3) is 7.67. The molecule has 0 aliphatic heterocycles. The first-order valence-corrected chi connectivity index (χ1v) is 12.8. The molecule has 0 aliphatic rings. The Morgan fingerprint density at radius 1 is 0.882 bits per heavy atom. The van der Waals surface area contributed by atoms with Crippen LogP contribution in [-0.4, -0.2) is 30.6 Å². The van der Waals surface area contributed by atoms with Gasteiger partial charge in [0.1, 0.15) is 6.54 Å². The molecule has 0 aromatic heterocycles. The zero-order valence-electron chi connectivity index (χ0n) is 18.4. The van der Waals surface area contributed by atoms with Gasteiger partial charge in [0, 0.05) is 17.4 Å². The van der Waals surface area contributed by atoms with Gasteiger partial charge in [0.15, 0.2) is 11.5 Å². The maximum absolute atomic E-state index is 12.3. The van der Waals surface area contributed by atoms with Crippen LogP contribution in [0.25, 0.3) is 0 Å². The number of amides is 1. The first kappa shape index (κ1) is 25.4. The summed E-state index contributed by atoms with van der Waals surface area (Å²) in [5.74, 6) is -1.28. The van der Waals surface area contributed by atoms with E-state index in [1.807, 2.05) is 60.7 Å². The van der Waals surface area contributed by atoms with Crippen molar-refractivity contribution >= 4 is 30.4 Å². The summed E-state index contributed by atoms with van der Waals surface area (Å²) in [5, 5.41) is 11.1. The zero-order chi connectivity index (χ0) is 24.4. The number of benzene rings is 3. The largest absolute Gasteiger partial charge is 0.493 e. The molecule has 2 N–H and O–H groups in total. The summed E-state index contributed by atoms with van der Waals surface area (Å²) in [6.45, 7) is -3.56. The van der Waals surface area contributed by atoms with Crippen molar-refractivity contribution in [3.05, 3.63) is 95.6 Å². The minimum absolute atomic E-state index is 0.148. The molecule has 3 rings (SSSR count). The molecule has 1 amide bonds. The molecule has 0 saturated heterocycles. The monoisotopic (exact) mass is 501 g/mol. The lowest BCUT2D eigenvalue weighted by atomic mass is 10.2. The minimum Gasteiger partial charge on any atom is -0.493 e. The van der Waals surface area contributed by atoms with Gasteiger partial charge >= 0.3 is 12.7 Å². The molecule has 0 aliphatic carbocycles. The molecule has 3 aromatic rings. The minimum atomic E-state index is -3.37. The Bertz CT molecular complexity index is 1110. The van der Waals surface area contributed by atoms with E-state index < -0.39 is 25.1 Å². The van der Waals surface area contributed by atoms with Crippen LogP contribution in [0.15, 0.2) is 78.9 Å². The van der Waals surface area contributed by atoms with Gasteiger partial charge < -0.3 is 19.7 Å². The Kier molecular flexibility index (Phi) is 9.18. The lowest BCUT2D eigenvalue weighted by Gasteiger charge is -2.24. The SMILES string of the molecule is COc1ccc(C(=O)NCC(=O)O)cc1OP(=S)(OCc1ccccc1)OCc1ccccc1. The highest BCUT2D eigenvalue weighted by atomic mass is 32.5. The van der Waals surface area contributed by atoms with Gasteiger partial charge in [-0.2, -0.15) is 0 Å². The third-order valence-electron chi connectivity index (χ3n) is 4.50. The van der Waals surface area contributed by atoms with E-state index in [0.29, 0.717) is 5.75 Å². The van der Waals surface area contributed by atoms with Gasteiger partial charge in [-0.1, -0.05) is 60.7 Å². The average molecular weight is 501 g/mol. The molecule has 0 fully saturated rings. The number of rotatable bonds is 12. The Hall–Kier alpha value is -3.23. The first-order valence-electron chi connectivity index (χ1n) is 10.2. The number of hydrogen-bond donors (Lipinski definition) is 2. The van der Waals surface area contributed by atoms with Crippen LogP contribution in [0.3, 0.4) is 0 Å². The van der Waals surface area contributed by atoms with E-state index in [-0.39, 0.29) is 24.5 Å². The van der Waals surface area contributed by atoms with E-state index in [1.54, 1.807) is 0 Å². The molecule has 34 heavy (non-hydrogen) atoms. The highest BCUT2D eigenvalue weighted by Gasteiger charge is 2.26. The summed E-state index contributed by atoms with van der Waals surface area (Å²) < 4.78 is 23.3. The maximum atomic E-state index is 12.3. The van der Waals surface area contributed by atoms with Gasteiger partial charge in [-0.15, -0.1) is 0 Å². The van der Waals surface area contributed by atoms with Gasteiger partial charge in [0.05, 0.1) is 20.3 Å². The normalized spacial score (nSPS) is 11.0. The number of carboxylic acids is 1. The van der Waals surface area contributed by atoms with Crippen LogP contribution in [0.4, 0.5) is 0 Å². The van der Waals surface area contributed by atoms with Crippen LogP contribution in [0.2, 0.25) is 0 Å². The second-order valence-electron chi connectivity index (χ2n) is 7.00. The molecule has 0 bridgehead atoms. The molecule has 0 saturated carbocycles. The molecular formula is C24H24NO7PS. The maximum Gasteiger partial charge on any atom is 0.381 e. The summed E-state index contributed by atoms with van der Waals surface area (Å²) in [5.41, 5.74) is 1.94. The molecule has 10 heteroatoms. The smallest absolute Gasteiger partial charge is 0.381 e. The lowest BCUT2D eigenvalue weighted by molar-refractivity contribution is -0.135. The summed E-state index contributed by atoms with van der Waals surface area (Å²) in [6, 6.07) is 23.3. The standard InChI is InChI=1S/C24H24NO7PS/c1-29-21-13-12-20(24(28)25-15-23(26)27)14-22(21)32-33(34,30-16-18-8-4-2-5-9-18)31-17-19-10-6-3-7-11-19/h2-14H,15-17H2,1H3,(H,25,28)(H,26,27). The lowest BCUT2D eigenvalue weighted by Crippen LogP contribution is -2.29. The third-order valence-corrected chi connectivity index (χ3v) is 6.67. The number of ether oxygens (including phenoxy) is 1. The number of methoxy groups -OCH3 is 1. The first-order chi connectivity index (χ1) is 16.4. The van der Waals surface area contributed by atoms with Gasteiger partial charge in [-0.05, 0) is 29.3 Å². The van der Waals surface area contributed by atoms with Crippen LogP contribution < -0.4 is 14.6 Å². The van der Waals surface area contributed by atoms with Crippen molar-refractivity contribution in [2.75, 3.05) is 13.7 Å². The Balaban J connectivity index is 1.84. The second-order valence-corrected chi connectivity index (χ2v) is 9.93. The van der Waals surface area contributed by atoms with Gasteiger partial charge in [-0.3, -0.25) is 18.6 Å². The molecule has 0 unspecified atom stereocenters. The van der Waals surface area contributed by atoms with Gasteiger partial charge in [0.2, 0.25) is 0 Å². The highest BCUT2D eigenvalue weighted by molar-refractivity contribution is 8.07. The van der Waals surface area contributed by atoms with E-state index in [9.17, 15) is 9.59 Å². The van der Waals surface area contributed by atoms with Crippen LogP contribution in [0, 0.1) is 0 Å². The number of carbonyl (C=O) groups excluding carboxylic acids is 1. The van der Waals surface area contributed by atoms with Crippen molar-refractivity contribution in [3.63, 3.8) is 0 Å². The predicted molar refractivity (Wildman–Crippen MR) is 130 cm³/mol. The second kappa shape index (κ2) is 12.3. The quantitative estimate of drug-likeness (QED) is 0.349. The molecule has 3 aromatic carbocycles. The fourth-order valence-electron chi connectivity index (χ4n) is 2.81. The molecule has 0 radical (unpaired) electrons. The van der Waals surface area contributed by atoms with E-state index in [2.05, 4.69) is 5.32 Å². The van der Waals surface area contributed by atoms with E-state index in [1.165, 1.54) is 25.3 Å². The fraction of sp³-hybridized carbons (Fsp3) is 0.167. The Morgan fingerprint density at radius 3 is 1.94 bits per heavy atom. The Labute approximate surface area is 202 Å². The molecule has 0 atom stereocenters. The van der Waals surface area contributed by atoms with Crippen LogP contribution in [0.1, 0.15) is 21.5 Å². The van der Waals surface area contributed by atoms with Crippen molar-refractivity contribution in [3.8, 4) is 11.5 Å². The average Bonchev–Trinajstić information content (AvgIpc) is 2.86. The van der Waals surface area contributed by atoms with E-state index in [4.69, 9.17) is 35.2 Å².